The number of cyclic esters (lactones) is 1. The number of rotatable bonds is 2. The number of benzene rings is 2. The van der Waals surface area contributed by atoms with Gasteiger partial charge in [-0.2, -0.15) is 0 Å². The maximum absolute atomic E-state index is 13.1. The number of nitrogens with one attached hydrogen (secondary N) is 2. The van der Waals surface area contributed by atoms with Gasteiger partial charge in [0.2, 0.25) is 0 Å². The molecule has 0 saturated heterocycles. The van der Waals surface area contributed by atoms with E-state index in [0.717, 1.165) is 23.8 Å². The zero-order valence-corrected chi connectivity index (χ0v) is 12.0. The molecule has 1 aliphatic heterocycles. The van der Waals surface area contributed by atoms with Crippen molar-refractivity contribution in [2.45, 2.75) is 6.61 Å². The molecule has 2 aromatic carbocycles. The van der Waals surface area contributed by atoms with Gasteiger partial charge in [-0.25, -0.2) is 13.6 Å². The van der Waals surface area contributed by atoms with Crippen LogP contribution in [-0.2, 0) is 11.3 Å². The van der Waals surface area contributed by atoms with Gasteiger partial charge in [0.15, 0.2) is 5.11 Å². The second-order valence-electron chi connectivity index (χ2n) is 4.69. The van der Waals surface area contributed by atoms with Crippen LogP contribution in [0.15, 0.2) is 36.4 Å². The number of thiocarbonyl (C=S) groups is 1. The summed E-state index contributed by atoms with van der Waals surface area (Å²) in [7, 11) is 0. The van der Waals surface area contributed by atoms with Crippen molar-refractivity contribution in [2.24, 2.45) is 0 Å². The Morgan fingerprint density at radius 2 is 1.73 bits per heavy atom. The molecule has 22 heavy (non-hydrogen) atoms. The van der Waals surface area contributed by atoms with Crippen LogP contribution in [0.2, 0.25) is 0 Å². The molecular weight excluding hydrogens is 310 g/mol. The smallest absolute Gasteiger partial charge is 0.338 e. The summed E-state index contributed by atoms with van der Waals surface area (Å²) >= 11 is 5.08. The van der Waals surface area contributed by atoms with Crippen LogP contribution in [0.25, 0.3) is 0 Å². The monoisotopic (exact) mass is 320 g/mol. The second kappa shape index (κ2) is 5.69. The fourth-order valence-corrected chi connectivity index (χ4v) is 2.35. The van der Waals surface area contributed by atoms with E-state index >= 15 is 0 Å². The van der Waals surface area contributed by atoms with Crippen molar-refractivity contribution in [1.29, 1.82) is 0 Å². The third-order valence-corrected chi connectivity index (χ3v) is 3.27. The summed E-state index contributed by atoms with van der Waals surface area (Å²) in [4.78, 5) is 11.5. The minimum atomic E-state index is -0.703. The highest BCUT2D eigenvalue weighted by atomic mass is 32.1. The lowest BCUT2D eigenvalue weighted by molar-refractivity contribution is 0.0535. The van der Waals surface area contributed by atoms with Crippen molar-refractivity contribution in [1.82, 2.24) is 0 Å². The van der Waals surface area contributed by atoms with E-state index in [4.69, 9.17) is 17.0 Å². The molecule has 2 N–H and O–H groups in total. The Hall–Kier alpha value is -2.54. The molecule has 0 aromatic heterocycles. The first-order chi connectivity index (χ1) is 10.5. The van der Waals surface area contributed by atoms with Crippen LogP contribution in [0.4, 0.5) is 20.2 Å². The van der Waals surface area contributed by atoms with Crippen LogP contribution in [0.3, 0.4) is 0 Å². The minimum absolute atomic E-state index is 0.149. The van der Waals surface area contributed by atoms with Gasteiger partial charge >= 0.3 is 5.97 Å². The van der Waals surface area contributed by atoms with Gasteiger partial charge in [-0.3, -0.25) is 0 Å². The molecule has 0 atom stereocenters. The van der Waals surface area contributed by atoms with Crippen molar-refractivity contribution >= 4 is 34.7 Å². The molecule has 0 amide bonds. The highest BCUT2D eigenvalue weighted by molar-refractivity contribution is 7.80. The van der Waals surface area contributed by atoms with Crippen molar-refractivity contribution in [2.75, 3.05) is 10.6 Å². The van der Waals surface area contributed by atoms with Crippen LogP contribution in [0.5, 0.6) is 0 Å². The van der Waals surface area contributed by atoms with E-state index in [1.807, 2.05) is 0 Å². The topological polar surface area (TPSA) is 50.4 Å². The molecule has 0 bridgehead atoms. The molecule has 0 aliphatic carbocycles. The van der Waals surface area contributed by atoms with Crippen LogP contribution >= 0.6 is 12.2 Å². The number of ether oxygens (including phenoxy) is 1. The Kier molecular flexibility index (Phi) is 3.72. The van der Waals surface area contributed by atoms with Crippen molar-refractivity contribution in [3.8, 4) is 0 Å². The molecule has 7 heteroatoms. The summed E-state index contributed by atoms with van der Waals surface area (Å²) in [6, 6.07) is 8.13. The summed E-state index contributed by atoms with van der Waals surface area (Å²) in [5.74, 6) is -1.79. The van der Waals surface area contributed by atoms with E-state index in [2.05, 4.69) is 10.6 Å². The van der Waals surface area contributed by atoms with Gasteiger partial charge in [-0.1, -0.05) is 6.07 Å². The van der Waals surface area contributed by atoms with E-state index in [9.17, 15) is 13.6 Å². The van der Waals surface area contributed by atoms with E-state index in [0.29, 0.717) is 11.3 Å². The molecule has 0 spiro atoms. The van der Waals surface area contributed by atoms with Gasteiger partial charge in [0.05, 0.1) is 5.56 Å². The van der Waals surface area contributed by atoms with Gasteiger partial charge in [0.25, 0.3) is 0 Å². The molecule has 1 aliphatic rings. The zero-order chi connectivity index (χ0) is 15.7. The lowest BCUT2D eigenvalue weighted by Gasteiger charge is -2.11. The van der Waals surface area contributed by atoms with Crippen LogP contribution in [0, 0.1) is 11.6 Å². The van der Waals surface area contributed by atoms with E-state index in [1.54, 1.807) is 18.2 Å². The molecule has 0 radical (unpaired) electrons. The van der Waals surface area contributed by atoms with Crippen LogP contribution in [0.1, 0.15) is 15.9 Å². The largest absolute Gasteiger partial charge is 0.457 e. The number of hydrogen-bond donors (Lipinski definition) is 2. The lowest BCUT2D eigenvalue weighted by Crippen LogP contribution is -2.19. The molecule has 0 fully saturated rings. The number of esters is 1. The van der Waals surface area contributed by atoms with Gasteiger partial charge < -0.3 is 15.4 Å². The Bertz CT molecular complexity index is 760. The van der Waals surface area contributed by atoms with Crippen LogP contribution < -0.4 is 10.6 Å². The number of carbonyl (C=O) groups is 1. The summed E-state index contributed by atoms with van der Waals surface area (Å²) in [5, 5.41) is 5.67. The third-order valence-electron chi connectivity index (χ3n) is 3.07. The average molecular weight is 320 g/mol. The van der Waals surface area contributed by atoms with Crippen molar-refractivity contribution in [3.63, 3.8) is 0 Å². The third kappa shape index (κ3) is 3.04. The molecule has 0 unspecified atom stereocenters. The highest BCUT2D eigenvalue weighted by Gasteiger charge is 2.21. The molecule has 112 valence electrons. The maximum atomic E-state index is 13.1. The summed E-state index contributed by atoms with van der Waals surface area (Å²) in [6.07, 6.45) is 0. The van der Waals surface area contributed by atoms with Crippen LogP contribution in [-0.4, -0.2) is 11.1 Å². The first-order valence-electron chi connectivity index (χ1n) is 6.35. The average Bonchev–Trinajstić information content (AvgIpc) is 2.79. The first-order valence-corrected chi connectivity index (χ1v) is 6.76. The highest BCUT2D eigenvalue weighted by Crippen LogP contribution is 2.23. The van der Waals surface area contributed by atoms with E-state index in [-0.39, 0.29) is 23.4 Å². The van der Waals surface area contributed by atoms with Gasteiger partial charge in [0.1, 0.15) is 18.2 Å². The Balaban J connectivity index is 1.72. The molecule has 1 heterocycles. The van der Waals surface area contributed by atoms with Crippen molar-refractivity contribution < 1.29 is 18.3 Å². The molecule has 4 nitrogen and oxygen atoms in total. The van der Waals surface area contributed by atoms with Gasteiger partial charge in [-0.05, 0) is 36.5 Å². The zero-order valence-electron chi connectivity index (χ0n) is 11.2. The molecular formula is C15H10F2N2O2S. The lowest BCUT2D eigenvalue weighted by atomic mass is 10.1. The molecule has 3 rings (SSSR count). The standard InChI is InChI=1S/C15H10F2N2O2S/c16-9-3-10(17)5-12(4-9)19-15(22)18-11-2-1-8-7-21-14(20)13(8)6-11/h1-6H,7H2,(H2,18,19,22). The van der Waals surface area contributed by atoms with Gasteiger partial charge in [0, 0.05) is 23.0 Å². The quantitative estimate of drug-likeness (QED) is 0.656. The SMILES string of the molecule is O=C1OCc2ccc(NC(=S)Nc3cc(F)cc(F)c3)cc21. The fraction of sp³-hybridized carbons (Fsp3) is 0.0667. The Morgan fingerprint density at radius 3 is 2.45 bits per heavy atom. The second-order valence-corrected chi connectivity index (χ2v) is 5.09. The predicted molar refractivity (Wildman–Crippen MR) is 81.8 cm³/mol. The summed E-state index contributed by atoms with van der Waals surface area (Å²) < 4.78 is 31.1. The van der Waals surface area contributed by atoms with E-state index < -0.39 is 11.6 Å². The summed E-state index contributed by atoms with van der Waals surface area (Å²) in [6.45, 7) is 0.264. The molecule has 0 saturated carbocycles. The predicted octanol–water partition coefficient (Wildman–Crippen LogP) is 3.44. The Labute approximate surface area is 130 Å². The Morgan fingerprint density at radius 1 is 1.05 bits per heavy atom. The number of halogens is 2. The number of anilines is 2. The van der Waals surface area contributed by atoms with Gasteiger partial charge in [-0.15, -0.1) is 0 Å². The minimum Gasteiger partial charge on any atom is -0.457 e. The molecule has 2 aromatic rings. The maximum Gasteiger partial charge on any atom is 0.338 e. The fourth-order valence-electron chi connectivity index (χ4n) is 2.11. The number of hydrogen-bond acceptors (Lipinski definition) is 3. The van der Waals surface area contributed by atoms with Crippen molar-refractivity contribution in [3.05, 3.63) is 59.2 Å². The number of carbonyl (C=O) groups excluding carboxylic acids is 1. The first kappa shape index (κ1) is 14.4. The normalized spacial score (nSPS) is 12.5. The summed E-state index contributed by atoms with van der Waals surface area (Å²) in [5.41, 5.74) is 2.05. The van der Waals surface area contributed by atoms with E-state index in [1.165, 1.54) is 0 Å². The number of fused-ring (bicyclic) bond motifs is 1.